The number of nitrogens with one attached hydrogen (secondary N) is 1. The van der Waals surface area contributed by atoms with E-state index in [-0.39, 0.29) is 11.9 Å². The molecule has 3 heterocycles. The van der Waals surface area contributed by atoms with Gasteiger partial charge in [-0.1, -0.05) is 12.1 Å². The topological polar surface area (TPSA) is 75.9 Å². The van der Waals surface area contributed by atoms with Crippen LogP contribution in [-0.2, 0) is 0 Å². The van der Waals surface area contributed by atoms with Crippen LogP contribution in [0.4, 0.5) is 5.82 Å². The fourth-order valence-corrected chi connectivity index (χ4v) is 3.37. The molecule has 1 fully saturated rings. The maximum atomic E-state index is 12.9. The molecule has 0 spiro atoms. The lowest BCUT2D eigenvalue weighted by Gasteiger charge is -2.21. The van der Waals surface area contributed by atoms with E-state index in [0.717, 1.165) is 43.0 Å². The van der Waals surface area contributed by atoms with Crippen LogP contribution in [0.5, 0.6) is 0 Å². The van der Waals surface area contributed by atoms with E-state index in [0.29, 0.717) is 5.56 Å². The van der Waals surface area contributed by atoms with Gasteiger partial charge in [-0.25, -0.2) is 14.6 Å². The Balaban J connectivity index is 1.48. The number of hydrogen-bond acceptors (Lipinski definition) is 5. The molecule has 1 unspecified atom stereocenters. The summed E-state index contributed by atoms with van der Waals surface area (Å²) in [4.78, 5) is 23.5. The van der Waals surface area contributed by atoms with Crippen LogP contribution in [0.2, 0.25) is 0 Å². The van der Waals surface area contributed by atoms with Crippen LogP contribution < -0.4 is 10.2 Å². The Morgan fingerprint density at radius 2 is 1.93 bits per heavy atom. The van der Waals surface area contributed by atoms with Crippen LogP contribution in [0.1, 0.15) is 41.7 Å². The molecule has 3 aromatic rings. The van der Waals surface area contributed by atoms with Crippen molar-refractivity contribution in [3.05, 3.63) is 66.4 Å². The number of benzene rings is 1. The summed E-state index contributed by atoms with van der Waals surface area (Å²) >= 11 is 0. The fraction of sp³-hybridized carbons (Fsp3) is 0.300. The van der Waals surface area contributed by atoms with E-state index in [1.54, 1.807) is 17.2 Å². The Labute approximate surface area is 158 Å². The monoisotopic (exact) mass is 362 g/mol. The molecule has 1 atom stereocenters. The molecular formula is C20H22N6O. The first-order valence-corrected chi connectivity index (χ1v) is 9.18. The average Bonchev–Trinajstić information content (AvgIpc) is 3.42. The van der Waals surface area contributed by atoms with Gasteiger partial charge in [0.2, 0.25) is 0 Å². The molecule has 1 aromatic carbocycles. The largest absolute Gasteiger partial charge is 0.356 e. The van der Waals surface area contributed by atoms with Crippen molar-refractivity contribution in [2.24, 2.45) is 0 Å². The van der Waals surface area contributed by atoms with Gasteiger partial charge in [0.15, 0.2) is 0 Å². The van der Waals surface area contributed by atoms with Gasteiger partial charge in [-0.3, -0.25) is 4.79 Å². The summed E-state index contributed by atoms with van der Waals surface area (Å²) in [6.07, 6.45) is 7.19. The molecule has 7 heteroatoms. The third-order valence-corrected chi connectivity index (χ3v) is 4.86. The van der Waals surface area contributed by atoms with Gasteiger partial charge in [-0.2, -0.15) is 5.10 Å². The third-order valence-electron chi connectivity index (χ3n) is 4.86. The standard InChI is InChI=1S/C20H22N6O/c1-15(16-6-8-17(9-7-16)26-14-21-13-23-26)24-20(27)18-5-4-10-22-19(18)25-11-2-3-12-25/h4-10,13-15H,2-3,11-12H2,1H3,(H,24,27). The molecule has 1 N–H and O–H groups in total. The van der Waals surface area contributed by atoms with Crippen molar-refractivity contribution in [1.82, 2.24) is 25.1 Å². The van der Waals surface area contributed by atoms with Crippen molar-refractivity contribution in [2.75, 3.05) is 18.0 Å². The Hall–Kier alpha value is -3.22. The van der Waals surface area contributed by atoms with Gasteiger partial charge in [0.05, 0.1) is 17.3 Å². The lowest BCUT2D eigenvalue weighted by molar-refractivity contribution is 0.0940. The van der Waals surface area contributed by atoms with Crippen molar-refractivity contribution in [1.29, 1.82) is 0 Å². The SMILES string of the molecule is CC(NC(=O)c1cccnc1N1CCCC1)c1ccc(-n2cncn2)cc1. The molecule has 27 heavy (non-hydrogen) atoms. The normalized spacial score (nSPS) is 14.9. The summed E-state index contributed by atoms with van der Waals surface area (Å²) in [7, 11) is 0. The molecule has 2 aromatic heterocycles. The number of anilines is 1. The number of pyridine rings is 1. The molecule has 138 valence electrons. The second kappa shape index (κ2) is 7.57. The van der Waals surface area contributed by atoms with Crippen LogP contribution in [0.15, 0.2) is 55.2 Å². The third kappa shape index (κ3) is 3.67. The minimum Gasteiger partial charge on any atom is -0.356 e. The zero-order chi connectivity index (χ0) is 18.6. The average molecular weight is 362 g/mol. The zero-order valence-electron chi connectivity index (χ0n) is 15.2. The number of rotatable bonds is 5. The summed E-state index contributed by atoms with van der Waals surface area (Å²) in [5.74, 6) is 0.680. The van der Waals surface area contributed by atoms with Gasteiger partial charge in [0.1, 0.15) is 18.5 Å². The van der Waals surface area contributed by atoms with Gasteiger partial charge >= 0.3 is 0 Å². The van der Waals surface area contributed by atoms with E-state index < -0.39 is 0 Å². The molecule has 1 aliphatic rings. The molecule has 1 saturated heterocycles. The highest BCUT2D eigenvalue weighted by atomic mass is 16.1. The number of carbonyl (C=O) groups excluding carboxylic acids is 1. The zero-order valence-corrected chi connectivity index (χ0v) is 15.2. The lowest BCUT2D eigenvalue weighted by atomic mass is 10.1. The first kappa shape index (κ1) is 17.2. The molecule has 0 radical (unpaired) electrons. The molecule has 0 bridgehead atoms. The van der Waals surface area contributed by atoms with Crippen LogP contribution >= 0.6 is 0 Å². The van der Waals surface area contributed by atoms with E-state index in [9.17, 15) is 4.79 Å². The van der Waals surface area contributed by atoms with Gasteiger partial charge in [-0.05, 0) is 49.6 Å². The second-order valence-corrected chi connectivity index (χ2v) is 6.70. The smallest absolute Gasteiger partial charge is 0.255 e. The molecule has 1 amide bonds. The van der Waals surface area contributed by atoms with Crippen LogP contribution in [0.3, 0.4) is 0 Å². The van der Waals surface area contributed by atoms with Crippen molar-refractivity contribution in [2.45, 2.75) is 25.8 Å². The van der Waals surface area contributed by atoms with E-state index >= 15 is 0 Å². The van der Waals surface area contributed by atoms with Crippen molar-refractivity contribution in [3.63, 3.8) is 0 Å². The summed E-state index contributed by atoms with van der Waals surface area (Å²) in [5, 5.41) is 7.21. The van der Waals surface area contributed by atoms with E-state index in [4.69, 9.17) is 0 Å². The highest BCUT2D eigenvalue weighted by Crippen LogP contribution is 2.23. The van der Waals surface area contributed by atoms with Gasteiger partial charge in [0.25, 0.3) is 5.91 Å². The number of carbonyl (C=O) groups is 1. The van der Waals surface area contributed by atoms with Crippen LogP contribution in [-0.4, -0.2) is 38.7 Å². The summed E-state index contributed by atoms with van der Waals surface area (Å²) in [6.45, 7) is 3.89. The van der Waals surface area contributed by atoms with Crippen LogP contribution in [0.25, 0.3) is 5.69 Å². The first-order chi connectivity index (χ1) is 13.2. The van der Waals surface area contributed by atoms with Crippen molar-refractivity contribution in [3.8, 4) is 5.69 Å². The predicted octanol–water partition coefficient (Wildman–Crippen LogP) is 2.75. The molecular weight excluding hydrogens is 340 g/mol. The van der Waals surface area contributed by atoms with Gasteiger partial charge < -0.3 is 10.2 Å². The Morgan fingerprint density at radius 1 is 1.15 bits per heavy atom. The van der Waals surface area contributed by atoms with Crippen molar-refractivity contribution >= 4 is 11.7 Å². The molecule has 1 aliphatic heterocycles. The summed E-state index contributed by atoms with van der Waals surface area (Å²) in [6, 6.07) is 11.5. The number of nitrogens with zero attached hydrogens (tertiary/aromatic N) is 5. The minimum absolute atomic E-state index is 0.0992. The van der Waals surface area contributed by atoms with E-state index in [1.165, 1.54) is 6.33 Å². The maximum Gasteiger partial charge on any atom is 0.255 e. The molecule has 0 aliphatic carbocycles. The first-order valence-electron chi connectivity index (χ1n) is 9.18. The van der Waals surface area contributed by atoms with Crippen LogP contribution in [0, 0.1) is 0 Å². The molecule has 7 nitrogen and oxygen atoms in total. The summed E-state index contributed by atoms with van der Waals surface area (Å²) < 4.78 is 1.70. The number of aromatic nitrogens is 4. The predicted molar refractivity (Wildman–Crippen MR) is 103 cm³/mol. The van der Waals surface area contributed by atoms with E-state index in [1.807, 2.05) is 43.3 Å². The van der Waals surface area contributed by atoms with Gasteiger partial charge in [0, 0.05) is 19.3 Å². The summed E-state index contributed by atoms with van der Waals surface area (Å²) in [5.41, 5.74) is 2.59. The molecule has 0 saturated carbocycles. The lowest BCUT2D eigenvalue weighted by Crippen LogP contribution is -2.30. The number of hydrogen-bond donors (Lipinski definition) is 1. The number of amides is 1. The highest BCUT2D eigenvalue weighted by molar-refractivity contribution is 5.99. The highest BCUT2D eigenvalue weighted by Gasteiger charge is 2.21. The maximum absolute atomic E-state index is 12.9. The quantitative estimate of drug-likeness (QED) is 0.755. The second-order valence-electron chi connectivity index (χ2n) is 6.70. The fourth-order valence-electron chi connectivity index (χ4n) is 3.37. The Bertz CT molecular complexity index is 900. The van der Waals surface area contributed by atoms with E-state index in [2.05, 4.69) is 25.3 Å². The Kier molecular flexibility index (Phi) is 4.82. The minimum atomic E-state index is -0.117. The molecule has 4 rings (SSSR count). The van der Waals surface area contributed by atoms with Crippen molar-refractivity contribution < 1.29 is 4.79 Å². The van der Waals surface area contributed by atoms with Gasteiger partial charge in [-0.15, -0.1) is 0 Å². The Morgan fingerprint density at radius 3 is 2.63 bits per heavy atom.